The van der Waals surface area contributed by atoms with Crippen molar-refractivity contribution in [1.29, 1.82) is 0 Å². The number of hydrogen-bond donors (Lipinski definition) is 0. The van der Waals surface area contributed by atoms with Gasteiger partial charge >= 0.3 is 0 Å². The van der Waals surface area contributed by atoms with Gasteiger partial charge in [0.1, 0.15) is 0 Å². The maximum atomic E-state index is 6.05. The topological polar surface area (TPSA) is 16.1 Å². The summed E-state index contributed by atoms with van der Waals surface area (Å²) in [5.74, 6) is 0. The van der Waals surface area contributed by atoms with Gasteiger partial charge in [0.15, 0.2) is 5.13 Å². The van der Waals surface area contributed by atoms with Gasteiger partial charge in [-0.25, -0.2) is 4.98 Å². The first-order valence-electron chi connectivity index (χ1n) is 6.67. The average molecular weight is 301 g/mol. The SMILES string of the molecule is Clc1ccc2nc(N3CCc4ccccc4C3)sc2c1. The second-order valence-corrected chi connectivity index (χ2v) is 6.49. The molecule has 0 bridgehead atoms. The van der Waals surface area contributed by atoms with Crippen molar-refractivity contribution in [3.8, 4) is 0 Å². The summed E-state index contributed by atoms with van der Waals surface area (Å²) >= 11 is 7.77. The summed E-state index contributed by atoms with van der Waals surface area (Å²) in [4.78, 5) is 7.10. The molecule has 4 rings (SSSR count). The van der Waals surface area contributed by atoms with Crippen molar-refractivity contribution in [2.45, 2.75) is 13.0 Å². The Kier molecular flexibility index (Phi) is 2.90. The molecular weight excluding hydrogens is 288 g/mol. The van der Waals surface area contributed by atoms with Crippen molar-refractivity contribution in [3.05, 3.63) is 58.6 Å². The van der Waals surface area contributed by atoms with Crippen LogP contribution in [0.5, 0.6) is 0 Å². The van der Waals surface area contributed by atoms with E-state index in [2.05, 4.69) is 29.2 Å². The van der Waals surface area contributed by atoms with Crippen molar-refractivity contribution < 1.29 is 0 Å². The van der Waals surface area contributed by atoms with E-state index in [0.29, 0.717) is 0 Å². The molecule has 0 aliphatic carbocycles. The molecule has 3 aromatic rings. The van der Waals surface area contributed by atoms with Crippen LogP contribution in [-0.2, 0) is 13.0 Å². The molecule has 1 aliphatic heterocycles. The number of fused-ring (bicyclic) bond motifs is 2. The lowest BCUT2D eigenvalue weighted by atomic mass is 10.0. The lowest BCUT2D eigenvalue weighted by Crippen LogP contribution is -2.30. The quantitative estimate of drug-likeness (QED) is 0.657. The Hall–Kier alpha value is -1.58. The zero-order valence-electron chi connectivity index (χ0n) is 10.8. The van der Waals surface area contributed by atoms with E-state index in [4.69, 9.17) is 16.6 Å². The highest BCUT2D eigenvalue weighted by Crippen LogP contribution is 2.33. The Morgan fingerprint density at radius 3 is 2.85 bits per heavy atom. The van der Waals surface area contributed by atoms with E-state index in [-0.39, 0.29) is 0 Å². The molecule has 0 atom stereocenters. The van der Waals surface area contributed by atoms with Crippen molar-refractivity contribution in [3.63, 3.8) is 0 Å². The van der Waals surface area contributed by atoms with E-state index in [0.717, 1.165) is 39.9 Å². The fraction of sp³-hybridized carbons (Fsp3) is 0.188. The van der Waals surface area contributed by atoms with E-state index >= 15 is 0 Å². The van der Waals surface area contributed by atoms with Gasteiger partial charge in [-0.2, -0.15) is 0 Å². The van der Waals surface area contributed by atoms with E-state index in [1.54, 1.807) is 11.3 Å². The largest absolute Gasteiger partial charge is 0.343 e. The molecule has 4 heteroatoms. The lowest BCUT2D eigenvalue weighted by Gasteiger charge is -2.28. The number of halogens is 1. The number of aromatic nitrogens is 1. The van der Waals surface area contributed by atoms with Gasteiger partial charge in [-0.05, 0) is 35.7 Å². The van der Waals surface area contributed by atoms with Crippen LogP contribution >= 0.6 is 22.9 Å². The Labute approximate surface area is 126 Å². The first-order chi connectivity index (χ1) is 9.79. The third-order valence-electron chi connectivity index (χ3n) is 3.74. The van der Waals surface area contributed by atoms with Crippen molar-refractivity contribution in [1.82, 2.24) is 4.98 Å². The molecule has 0 amide bonds. The highest BCUT2D eigenvalue weighted by Gasteiger charge is 2.18. The Morgan fingerprint density at radius 1 is 1.10 bits per heavy atom. The second-order valence-electron chi connectivity index (χ2n) is 5.05. The lowest BCUT2D eigenvalue weighted by molar-refractivity contribution is 0.730. The summed E-state index contributed by atoms with van der Waals surface area (Å²) < 4.78 is 1.16. The molecule has 100 valence electrons. The van der Waals surface area contributed by atoms with Crippen LogP contribution in [0, 0.1) is 0 Å². The van der Waals surface area contributed by atoms with Gasteiger partial charge in [0.25, 0.3) is 0 Å². The predicted octanol–water partition coefficient (Wildman–Crippen LogP) is 4.51. The fourth-order valence-electron chi connectivity index (χ4n) is 2.68. The van der Waals surface area contributed by atoms with Crippen molar-refractivity contribution >= 4 is 38.3 Å². The van der Waals surface area contributed by atoms with Crippen LogP contribution < -0.4 is 4.90 Å². The molecule has 1 aromatic heterocycles. The molecule has 0 spiro atoms. The van der Waals surface area contributed by atoms with Crippen LogP contribution in [0.1, 0.15) is 11.1 Å². The minimum absolute atomic E-state index is 0.775. The molecule has 0 saturated carbocycles. The third-order valence-corrected chi connectivity index (χ3v) is 5.05. The molecule has 0 saturated heterocycles. The first kappa shape index (κ1) is 12.2. The Morgan fingerprint density at radius 2 is 1.95 bits per heavy atom. The predicted molar refractivity (Wildman–Crippen MR) is 85.8 cm³/mol. The third kappa shape index (κ3) is 2.07. The van der Waals surface area contributed by atoms with Crippen molar-refractivity contribution in [2.24, 2.45) is 0 Å². The van der Waals surface area contributed by atoms with Crippen LogP contribution in [0.2, 0.25) is 5.02 Å². The summed E-state index contributed by atoms with van der Waals surface area (Å²) in [6.07, 6.45) is 1.09. The minimum atomic E-state index is 0.775. The van der Waals surface area contributed by atoms with Gasteiger partial charge in [-0.3, -0.25) is 0 Å². The number of benzene rings is 2. The molecular formula is C16H13ClN2S. The maximum Gasteiger partial charge on any atom is 0.186 e. The highest BCUT2D eigenvalue weighted by molar-refractivity contribution is 7.22. The molecule has 2 aromatic carbocycles. The van der Waals surface area contributed by atoms with Gasteiger partial charge in [0, 0.05) is 18.1 Å². The number of nitrogens with zero attached hydrogens (tertiary/aromatic N) is 2. The summed E-state index contributed by atoms with van der Waals surface area (Å²) in [6.45, 7) is 1.98. The molecule has 0 fully saturated rings. The molecule has 2 heterocycles. The first-order valence-corrected chi connectivity index (χ1v) is 7.87. The van der Waals surface area contributed by atoms with Crippen LogP contribution in [0.25, 0.3) is 10.2 Å². The molecule has 0 unspecified atom stereocenters. The number of thiazole rings is 1. The average Bonchev–Trinajstić information content (AvgIpc) is 2.89. The summed E-state index contributed by atoms with van der Waals surface area (Å²) in [5, 5.41) is 1.87. The van der Waals surface area contributed by atoms with Crippen LogP contribution in [0.3, 0.4) is 0 Å². The van der Waals surface area contributed by atoms with E-state index in [1.807, 2.05) is 18.2 Å². The van der Waals surface area contributed by atoms with Gasteiger partial charge in [-0.1, -0.05) is 47.2 Å². The van der Waals surface area contributed by atoms with Crippen LogP contribution in [0.4, 0.5) is 5.13 Å². The molecule has 2 nitrogen and oxygen atoms in total. The molecule has 20 heavy (non-hydrogen) atoms. The van der Waals surface area contributed by atoms with E-state index in [1.165, 1.54) is 11.1 Å². The normalized spacial score (nSPS) is 14.6. The standard InChI is InChI=1S/C16H13ClN2S/c17-13-5-6-14-15(9-13)20-16(18-14)19-8-7-11-3-1-2-4-12(11)10-19/h1-6,9H,7-8,10H2. The van der Waals surface area contributed by atoms with Gasteiger partial charge in [0.05, 0.1) is 10.2 Å². The maximum absolute atomic E-state index is 6.05. The van der Waals surface area contributed by atoms with E-state index < -0.39 is 0 Å². The zero-order chi connectivity index (χ0) is 13.5. The minimum Gasteiger partial charge on any atom is -0.343 e. The summed E-state index contributed by atoms with van der Waals surface area (Å²) in [5.41, 5.74) is 3.91. The van der Waals surface area contributed by atoms with E-state index in [9.17, 15) is 0 Å². The summed E-state index contributed by atoms with van der Waals surface area (Å²) in [6, 6.07) is 14.6. The number of hydrogen-bond acceptors (Lipinski definition) is 3. The molecule has 0 radical (unpaired) electrons. The van der Waals surface area contributed by atoms with Gasteiger partial charge < -0.3 is 4.90 Å². The fourth-order valence-corrected chi connectivity index (χ4v) is 3.95. The monoisotopic (exact) mass is 300 g/mol. The Balaban J connectivity index is 1.70. The number of rotatable bonds is 1. The van der Waals surface area contributed by atoms with Gasteiger partial charge in [-0.15, -0.1) is 0 Å². The number of anilines is 1. The summed E-state index contributed by atoms with van der Waals surface area (Å²) in [7, 11) is 0. The van der Waals surface area contributed by atoms with Crippen LogP contribution in [0.15, 0.2) is 42.5 Å². The second kappa shape index (κ2) is 4.76. The smallest absolute Gasteiger partial charge is 0.186 e. The molecule has 0 N–H and O–H groups in total. The van der Waals surface area contributed by atoms with Crippen molar-refractivity contribution in [2.75, 3.05) is 11.4 Å². The van der Waals surface area contributed by atoms with Crippen LogP contribution in [-0.4, -0.2) is 11.5 Å². The highest BCUT2D eigenvalue weighted by atomic mass is 35.5. The zero-order valence-corrected chi connectivity index (χ0v) is 12.4. The Bertz CT molecular complexity index is 781. The van der Waals surface area contributed by atoms with Gasteiger partial charge in [0.2, 0.25) is 0 Å². The molecule has 1 aliphatic rings.